The molecule has 0 unspecified atom stereocenters. The first-order valence-corrected chi connectivity index (χ1v) is 8.51. The maximum Gasteiger partial charge on any atom is 0.262 e. The number of nitrogens with two attached hydrogens (primary N) is 1. The van der Waals surface area contributed by atoms with Crippen molar-refractivity contribution in [3.05, 3.63) is 45.7 Å². The minimum atomic E-state index is -3.72. The van der Waals surface area contributed by atoms with Crippen molar-refractivity contribution >= 4 is 37.3 Å². The number of halogens is 1. The Labute approximate surface area is 132 Å². The molecule has 0 aliphatic heterocycles. The molecule has 0 fully saturated rings. The number of aryl methyl sites for hydroxylation is 2. The summed E-state index contributed by atoms with van der Waals surface area (Å²) in [5, 5.41) is 0. The molecule has 2 aromatic rings. The summed E-state index contributed by atoms with van der Waals surface area (Å²) in [6, 6.07) is 6.66. The van der Waals surface area contributed by atoms with Gasteiger partial charge in [0.05, 0.1) is 16.3 Å². The van der Waals surface area contributed by atoms with Crippen molar-refractivity contribution in [1.82, 2.24) is 4.98 Å². The number of rotatable bonds is 3. The number of aromatic nitrogens is 1. The number of hydrogen-bond acceptors (Lipinski definition) is 4. The van der Waals surface area contributed by atoms with Gasteiger partial charge in [-0.2, -0.15) is 0 Å². The second-order valence-corrected chi connectivity index (χ2v) is 7.38. The maximum atomic E-state index is 12.5. The van der Waals surface area contributed by atoms with E-state index >= 15 is 0 Å². The Hall–Kier alpha value is -1.60. The van der Waals surface area contributed by atoms with Gasteiger partial charge in [-0.15, -0.1) is 0 Å². The highest BCUT2D eigenvalue weighted by Gasteiger charge is 2.20. The highest BCUT2D eigenvalue weighted by molar-refractivity contribution is 9.10. The first-order chi connectivity index (χ1) is 9.70. The molecular formula is C14H16BrN3O2S. The molecule has 0 saturated heterocycles. The number of nitrogens with one attached hydrogen (secondary N) is 1. The van der Waals surface area contributed by atoms with Crippen LogP contribution in [0.5, 0.6) is 0 Å². The quantitative estimate of drug-likeness (QED) is 0.813. The molecule has 3 N–H and O–H groups in total. The molecule has 5 nitrogen and oxygen atoms in total. The van der Waals surface area contributed by atoms with Crippen LogP contribution in [0.15, 0.2) is 33.6 Å². The zero-order chi connectivity index (χ0) is 15.8. The number of pyridine rings is 1. The zero-order valence-corrected chi connectivity index (χ0v) is 14.3. The summed E-state index contributed by atoms with van der Waals surface area (Å²) in [6.45, 7) is 5.29. The van der Waals surface area contributed by atoms with Crippen molar-refractivity contribution in [1.29, 1.82) is 0 Å². The third kappa shape index (κ3) is 3.36. The van der Waals surface area contributed by atoms with Crippen LogP contribution in [0.2, 0.25) is 0 Å². The van der Waals surface area contributed by atoms with Crippen LogP contribution in [0.4, 0.5) is 11.4 Å². The van der Waals surface area contributed by atoms with E-state index in [4.69, 9.17) is 5.73 Å². The van der Waals surface area contributed by atoms with Gasteiger partial charge in [-0.1, -0.05) is 15.9 Å². The molecule has 112 valence electrons. The van der Waals surface area contributed by atoms with Crippen LogP contribution < -0.4 is 10.5 Å². The molecule has 0 atom stereocenters. The van der Waals surface area contributed by atoms with Crippen molar-refractivity contribution in [2.24, 2.45) is 0 Å². The van der Waals surface area contributed by atoms with Gasteiger partial charge < -0.3 is 5.73 Å². The Morgan fingerprint density at radius 3 is 2.48 bits per heavy atom. The second-order valence-electron chi connectivity index (χ2n) is 4.81. The van der Waals surface area contributed by atoms with Gasteiger partial charge in [-0.25, -0.2) is 8.42 Å². The summed E-state index contributed by atoms with van der Waals surface area (Å²) in [6.07, 6.45) is 0. The van der Waals surface area contributed by atoms with E-state index in [-0.39, 0.29) is 4.90 Å². The molecule has 1 aromatic carbocycles. The fourth-order valence-electron chi connectivity index (χ4n) is 1.95. The molecule has 0 aliphatic carbocycles. The molecule has 2 rings (SSSR count). The highest BCUT2D eigenvalue weighted by Crippen LogP contribution is 2.28. The van der Waals surface area contributed by atoms with Gasteiger partial charge in [-0.3, -0.25) is 9.71 Å². The topological polar surface area (TPSA) is 85.1 Å². The summed E-state index contributed by atoms with van der Waals surface area (Å²) < 4.78 is 28.3. The number of anilines is 2. The van der Waals surface area contributed by atoms with E-state index in [1.165, 1.54) is 6.07 Å². The van der Waals surface area contributed by atoms with E-state index in [0.717, 1.165) is 5.69 Å². The van der Waals surface area contributed by atoms with E-state index in [0.29, 0.717) is 27.1 Å². The predicted octanol–water partition coefficient (Wildman–Crippen LogP) is 3.15. The average molecular weight is 370 g/mol. The number of nitrogen functional groups attached to an aromatic ring is 1. The fourth-order valence-corrected chi connectivity index (χ4v) is 3.99. The Morgan fingerprint density at radius 1 is 1.19 bits per heavy atom. The monoisotopic (exact) mass is 369 g/mol. The van der Waals surface area contributed by atoms with Crippen LogP contribution >= 0.6 is 15.9 Å². The number of hydrogen-bond donors (Lipinski definition) is 2. The van der Waals surface area contributed by atoms with Crippen LogP contribution in [-0.4, -0.2) is 13.4 Å². The van der Waals surface area contributed by atoms with E-state index < -0.39 is 10.0 Å². The minimum Gasteiger partial charge on any atom is -0.398 e. The van der Waals surface area contributed by atoms with Gasteiger partial charge >= 0.3 is 0 Å². The molecule has 0 spiro atoms. The van der Waals surface area contributed by atoms with Gasteiger partial charge in [0.25, 0.3) is 10.0 Å². The van der Waals surface area contributed by atoms with Crippen LogP contribution in [0.25, 0.3) is 0 Å². The molecule has 0 bridgehead atoms. The Morgan fingerprint density at radius 2 is 1.86 bits per heavy atom. The number of benzene rings is 1. The van der Waals surface area contributed by atoms with Gasteiger partial charge in [0.15, 0.2) is 0 Å². The van der Waals surface area contributed by atoms with Crippen LogP contribution in [0.3, 0.4) is 0 Å². The van der Waals surface area contributed by atoms with Crippen LogP contribution in [0.1, 0.15) is 17.0 Å². The maximum absolute atomic E-state index is 12.5. The third-order valence-electron chi connectivity index (χ3n) is 3.12. The molecule has 0 aliphatic rings. The highest BCUT2D eigenvalue weighted by atomic mass is 79.9. The first kappa shape index (κ1) is 15.8. The van der Waals surface area contributed by atoms with Gasteiger partial charge in [-0.05, 0) is 50.6 Å². The Kier molecular flexibility index (Phi) is 4.25. The first-order valence-electron chi connectivity index (χ1n) is 6.23. The summed E-state index contributed by atoms with van der Waals surface area (Å²) in [5.41, 5.74) is 8.68. The predicted molar refractivity (Wildman–Crippen MR) is 87.8 cm³/mol. The lowest BCUT2D eigenvalue weighted by molar-refractivity contribution is 0.600. The van der Waals surface area contributed by atoms with Crippen molar-refractivity contribution in [3.63, 3.8) is 0 Å². The minimum absolute atomic E-state index is 0.148. The van der Waals surface area contributed by atoms with Crippen molar-refractivity contribution in [2.45, 2.75) is 25.7 Å². The Balaban J connectivity index is 2.48. The zero-order valence-electron chi connectivity index (χ0n) is 11.9. The van der Waals surface area contributed by atoms with Gasteiger partial charge in [0, 0.05) is 15.9 Å². The van der Waals surface area contributed by atoms with Crippen molar-refractivity contribution in [3.8, 4) is 0 Å². The molecule has 7 heteroatoms. The smallest absolute Gasteiger partial charge is 0.262 e. The summed E-state index contributed by atoms with van der Waals surface area (Å²) in [7, 11) is -3.72. The molecule has 0 radical (unpaired) electrons. The van der Waals surface area contributed by atoms with E-state index in [1.54, 1.807) is 32.0 Å². The number of nitrogens with zero attached hydrogens (tertiary/aromatic N) is 1. The van der Waals surface area contributed by atoms with Crippen molar-refractivity contribution < 1.29 is 8.42 Å². The van der Waals surface area contributed by atoms with E-state index in [9.17, 15) is 8.42 Å². The third-order valence-corrected chi connectivity index (χ3v) is 5.07. The summed E-state index contributed by atoms with van der Waals surface area (Å²) >= 11 is 3.26. The summed E-state index contributed by atoms with van der Waals surface area (Å²) in [4.78, 5) is 4.40. The Bertz CT molecular complexity index is 804. The standard InChI is InChI=1S/C14H16BrN3O2S/c1-8-4-5-13(10(3)17-8)18-21(19,20)14-7-11(15)6-12(16)9(14)2/h4-7,18H,16H2,1-3H3. The summed E-state index contributed by atoms with van der Waals surface area (Å²) in [5.74, 6) is 0. The molecule has 21 heavy (non-hydrogen) atoms. The molecule has 0 amide bonds. The van der Waals surface area contributed by atoms with Gasteiger partial charge in [0.2, 0.25) is 0 Å². The van der Waals surface area contributed by atoms with Gasteiger partial charge in [0.1, 0.15) is 0 Å². The van der Waals surface area contributed by atoms with Crippen LogP contribution in [-0.2, 0) is 10.0 Å². The lowest BCUT2D eigenvalue weighted by atomic mass is 10.2. The lowest BCUT2D eigenvalue weighted by Crippen LogP contribution is -2.16. The molecule has 1 heterocycles. The normalized spacial score (nSPS) is 11.4. The van der Waals surface area contributed by atoms with E-state index in [2.05, 4.69) is 25.6 Å². The lowest BCUT2D eigenvalue weighted by Gasteiger charge is -2.14. The SMILES string of the molecule is Cc1ccc(NS(=O)(=O)c2cc(Br)cc(N)c2C)c(C)n1. The van der Waals surface area contributed by atoms with Crippen LogP contribution in [0, 0.1) is 20.8 Å². The van der Waals surface area contributed by atoms with E-state index in [1.807, 2.05) is 6.92 Å². The number of sulfonamides is 1. The fraction of sp³-hybridized carbons (Fsp3) is 0.214. The molecular weight excluding hydrogens is 354 g/mol. The second kappa shape index (κ2) is 5.65. The average Bonchev–Trinajstić information content (AvgIpc) is 2.37. The molecule has 1 aromatic heterocycles. The van der Waals surface area contributed by atoms with Crippen molar-refractivity contribution in [2.75, 3.05) is 10.5 Å². The molecule has 0 saturated carbocycles. The largest absolute Gasteiger partial charge is 0.398 e.